The first-order chi connectivity index (χ1) is 9.06. The van der Waals surface area contributed by atoms with Gasteiger partial charge in [0.1, 0.15) is 0 Å². The largest absolute Gasteiger partial charge is 0.490 e. The molecule has 0 radical (unpaired) electrons. The smallest absolute Gasteiger partial charge is 0.272 e. The third-order valence-corrected chi connectivity index (χ3v) is 2.93. The molecule has 0 aromatic heterocycles. The summed E-state index contributed by atoms with van der Waals surface area (Å²) in [7, 11) is 0. The molecule has 7 heteroatoms. The van der Waals surface area contributed by atoms with Crippen molar-refractivity contribution in [3.8, 4) is 5.75 Å². The molecule has 0 bridgehead atoms. The number of benzene rings is 1. The Morgan fingerprint density at radius 2 is 1.95 bits per heavy atom. The SMILES string of the molecule is CCCNCCCOc1c(Cl)cc([N+](=O)[O-])cc1Cl. The predicted molar refractivity (Wildman–Crippen MR) is 76.4 cm³/mol. The molecular formula is C12H16Cl2N2O3. The Labute approximate surface area is 122 Å². The van der Waals surface area contributed by atoms with Gasteiger partial charge in [-0.2, -0.15) is 0 Å². The molecule has 0 heterocycles. The van der Waals surface area contributed by atoms with E-state index in [2.05, 4.69) is 12.2 Å². The van der Waals surface area contributed by atoms with E-state index in [9.17, 15) is 10.1 Å². The molecule has 5 nitrogen and oxygen atoms in total. The van der Waals surface area contributed by atoms with Crippen LogP contribution in [0.2, 0.25) is 10.0 Å². The summed E-state index contributed by atoms with van der Waals surface area (Å²) in [4.78, 5) is 10.1. The first kappa shape index (κ1) is 16.0. The highest BCUT2D eigenvalue weighted by Crippen LogP contribution is 2.36. The molecule has 0 fully saturated rings. The summed E-state index contributed by atoms with van der Waals surface area (Å²) in [5.41, 5.74) is -0.146. The lowest BCUT2D eigenvalue weighted by Crippen LogP contribution is -2.18. The zero-order chi connectivity index (χ0) is 14.3. The van der Waals surface area contributed by atoms with E-state index in [0.29, 0.717) is 12.4 Å². The van der Waals surface area contributed by atoms with Gasteiger partial charge in [-0.25, -0.2) is 0 Å². The number of hydrogen-bond acceptors (Lipinski definition) is 4. The summed E-state index contributed by atoms with van der Waals surface area (Å²) in [6.45, 7) is 4.36. The average Bonchev–Trinajstić information content (AvgIpc) is 2.35. The predicted octanol–water partition coefficient (Wildman–Crippen LogP) is 3.67. The minimum absolute atomic E-state index is 0.146. The second kappa shape index (κ2) is 8.19. The zero-order valence-electron chi connectivity index (χ0n) is 10.6. The molecule has 0 unspecified atom stereocenters. The first-order valence-corrected chi connectivity index (χ1v) is 6.78. The van der Waals surface area contributed by atoms with Crippen molar-refractivity contribution in [2.24, 2.45) is 0 Å². The molecule has 1 aromatic rings. The number of nitro groups is 1. The minimum Gasteiger partial charge on any atom is -0.490 e. The number of rotatable bonds is 8. The zero-order valence-corrected chi connectivity index (χ0v) is 12.1. The molecule has 0 atom stereocenters. The summed E-state index contributed by atoms with van der Waals surface area (Å²) in [6, 6.07) is 2.47. The second-order valence-electron chi connectivity index (χ2n) is 3.95. The van der Waals surface area contributed by atoms with Crippen LogP contribution in [0.4, 0.5) is 5.69 Å². The van der Waals surface area contributed by atoms with E-state index in [1.54, 1.807) is 0 Å². The highest BCUT2D eigenvalue weighted by molar-refractivity contribution is 6.37. The van der Waals surface area contributed by atoms with Crippen LogP contribution in [0, 0.1) is 10.1 Å². The Balaban J connectivity index is 2.52. The number of nitrogens with zero attached hydrogens (tertiary/aromatic N) is 1. The van der Waals surface area contributed by atoms with E-state index in [1.165, 1.54) is 12.1 Å². The summed E-state index contributed by atoms with van der Waals surface area (Å²) in [6.07, 6.45) is 1.89. The van der Waals surface area contributed by atoms with Crippen LogP contribution in [-0.2, 0) is 0 Å². The highest BCUT2D eigenvalue weighted by atomic mass is 35.5. The molecule has 1 rings (SSSR count). The number of non-ortho nitro benzene ring substituents is 1. The molecule has 0 saturated carbocycles. The fraction of sp³-hybridized carbons (Fsp3) is 0.500. The van der Waals surface area contributed by atoms with Gasteiger partial charge in [0, 0.05) is 12.1 Å². The lowest BCUT2D eigenvalue weighted by atomic mass is 10.3. The number of nitrogens with one attached hydrogen (secondary N) is 1. The summed E-state index contributed by atoms with van der Waals surface area (Å²) in [5, 5.41) is 14.2. The van der Waals surface area contributed by atoms with E-state index in [0.717, 1.165) is 25.9 Å². The van der Waals surface area contributed by atoms with Gasteiger partial charge in [-0.1, -0.05) is 30.1 Å². The van der Waals surface area contributed by atoms with Crippen molar-refractivity contribution >= 4 is 28.9 Å². The average molecular weight is 307 g/mol. The quantitative estimate of drug-likeness (QED) is 0.452. The van der Waals surface area contributed by atoms with Crippen LogP contribution in [0.15, 0.2) is 12.1 Å². The maximum absolute atomic E-state index is 10.6. The van der Waals surface area contributed by atoms with Crippen molar-refractivity contribution in [2.75, 3.05) is 19.7 Å². The third-order valence-electron chi connectivity index (χ3n) is 2.36. The van der Waals surface area contributed by atoms with Gasteiger partial charge in [0.25, 0.3) is 5.69 Å². The van der Waals surface area contributed by atoms with Crippen LogP contribution in [0.25, 0.3) is 0 Å². The fourth-order valence-corrected chi connectivity index (χ4v) is 2.05. The number of halogens is 2. The van der Waals surface area contributed by atoms with E-state index in [1.807, 2.05) is 0 Å². The first-order valence-electron chi connectivity index (χ1n) is 6.03. The van der Waals surface area contributed by atoms with Crippen molar-refractivity contribution in [2.45, 2.75) is 19.8 Å². The molecule has 19 heavy (non-hydrogen) atoms. The molecule has 1 N–H and O–H groups in total. The van der Waals surface area contributed by atoms with Gasteiger partial charge in [-0.15, -0.1) is 0 Å². The lowest BCUT2D eigenvalue weighted by molar-refractivity contribution is -0.384. The monoisotopic (exact) mass is 306 g/mol. The van der Waals surface area contributed by atoms with Gasteiger partial charge < -0.3 is 10.1 Å². The van der Waals surface area contributed by atoms with Crippen molar-refractivity contribution in [1.82, 2.24) is 5.32 Å². The van der Waals surface area contributed by atoms with Crippen LogP contribution < -0.4 is 10.1 Å². The van der Waals surface area contributed by atoms with Crippen molar-refractivity contribution < 1.29 is 9.66 Å². The Bertz CT molecular complexity index is 418. The van der Waals surface area contributed by atoms with Crippen LogP contribution in [0.5, 0.6) is 5.75 Å². The van der Waals surface area contributed by atoms with Gasteiger partial charge in [-0.3, -0.25) is 10.1 Å². The van der Waals surface area contributed by atoms with Crippen molar-refractivity contribution in [3.05, 3.63) is 32.3 Å². The molecule has 0 spiro atoms. The highest BCUT2D eigenvalue weighted by Gasteiger charge is 2.15. The van der Waals surface area contributed by atoms with Gasteiger partial charge >= 0.3 is 0 Å². The normalized spacial score (nSPS) is 10.5. The Hall–Kier alpha value is -1.04. The Morgan fingerprint density at radius 1 is 1.32 bits per heavy atom. The number of nitro benzene ring substituents is 1. The minimum atomic E-state index is -0.545. The third kappa shape index (κ3) is 5.22. The Kier molecular flexibility index (Phi) is 6.91. The van der Waals surface area contributed by atoms with Crippen LogP contribution in [0.1, 0.15) is 19.8 Å². The maximum atomic E-state index is 10.6. The molecule has 0 amide bonds. The van der Waals surface area contributed by atoms with Crippen molar-refractivity contribution in [3.63, 3.8) is 0 Å². The van der Waals surface area contributed by atoms with E-state index in [-0.39, 0.29) is 15.7 Å². The van der Waals surface area contributed by atoms with Gasteiger partial charge in [-0.05, 0) is 25.9 Å². The molecule has 0 aliphatic rings. The Morgan fingerprint density at radius 3 is 2.47 bits per heavy atom. The van der Waals surface area contributed by atoms with Crippen molar-refractivity contribution in [1.29, 1.82) is 0 Å². The molecular weight excluding hydrogens is 291 g/mol. The molecule has 0 aliphatic carbocycles. The number of hydrogen-bond donors (Lipinski definition) is 1. The van der Waals surface area contributed by atoms with E-state index in [4.69, 9.17) is 27.9 Å². The second-order valence-corrected chi connectivity index (χ2v) is 4.76. The van der Waals surface area contributed by atoms with E-state index < -0.39 is 4.92 Å². The molecule has 1 aromatic carbocycles. The number of ether oxygens (including phenoxy) is 1. The standard InChI is InChI=1S/C12H16Cl2N2O3/c1-2-4-15-5-3-6-19-12-10(13)7-9(16(17)18)8-11(12)14/h7-8,15H,2-6H2,1H3. The van der Waals surface area contributed by atoms with Gasteiger partial charge in [0.2, 0.25) is 0 Å². The van der Waals surface area contributed by atoms with Crippen LogP contribution in [-0.4, -0.2) is 24.6 Å². The molecule has 0 aliphatic heterocycles. The lowest BCUT2D eigenvalue weighted by Gasteiger charge is -2.10. The summed E-state index contributed by atoms with van der Waals surface area (Å²) >= 11 is 11.8. The molecule has 106 valence electrons. The summed E-state index contributed by atoms with van der Waals surface area (Å²) < 4.78 is 5.46. The van der Waals surface area contributed by atoms with Crippen LogP contribution in [0.3, 0.4) is 0 Å². The van der Waals surface area contributed by atoms with Crippen LogP contribution >= 0.6 is 23.2 Å². The molecule has 0 saturated heterocycles. The van der Waals surface area contributed by atoms with Gasteiger partial charge in [0.15, 0.2) is 5.75 Å². The summed E-state index contributed by atoms with van der Waals surface area (Å²) in [5.74, 6) is 0.296. The van der Waals surface area contributed by atoms with Gasteiger partial charge in [0.05, 0.1) is 21.6 Å². The topological polar surface area (TPSA) is 64.4 Å². The maximum Gasteiger partial charge on any atom is 0.272 e. The fourth-order valence-electron chi connectivity index (χ4n) is 1.46. The van der Waals surface area contributed by atoms with E-state index >= 15 is 0 Å².